The number of pyridine rings is 1. The van der Waals surface area contributed by atoms with Gasteiger partial charge in [0.1, 0.15) is 11.5 Å². The Morgan fingerprint density at radius 2 is 2.03 bits per heavy atom. The van der Waals surface area contributed by atoms with E-state index < -0.39 is 5.54 Å². The molecule has 0 bridgehead atoms. The lowest BCUT2D eigenvalue weighted by Crippen LogP contribution is -2.66. The molecular formula is C23H24N6O2. The minimum atomic E-state index is -0.484. The van der Waals surface area contributed by atoms with E-state index in [1.165, 1.54) is 5.56 Å². The lowest BCUT2D eigenvalue weighted by Gasteiger charge is -2.51. The molecule has 4 heterocycles. The van der Waals surface area contributed by atoms with E-state index in [1.54, 1.807) is 4.90 Å². The highest BCUT2D eigenvalue weighted by atomic mass is 16.5. The molecule has 1 aromatic carbocycles. The number of hydrogen-bond acceptors (Lipinski definition) is 5. The molecule has 0 unspecified atom stereocenters. The zero-order valence-corrected chi connectivity index (χ0v) is 17.1. The molecule has 3 N–H and O–H groups in total. The number of nitrogens with zero attached hydrogens (tertiary/aromatic N) is 3. The van der Waals surface area contributed by atoms with Gasteiger partial charge in [-0.2, -0.15) is 0 Å². The van der Waals surface area contributed by atoms with Crippen LogP contribution < -0.4 is 10.6 Å². The van der Waals surface area contributed by atoms with Crippen LogP contribution in [-0.2, 0) is 21.5 Å². The second kappa shape index (κ2) is 6.81. The maximum Gasteiger partial charge on any atom is 0.232 e. The Bertz CT molecular complexity index is 1180. The van der Waals surface area contributed by atoms with E-state index in [2.05, 4.69) is 27.8 Å². The predicted octanol–water partition coefficient (Wildman–Crippen LogP) is 2.76. The van der Waals surface area contributed by atoms with Crippen molar-refractivity contribution in [1.29, 1.82) is 5.41 Å². The van der Waals surface area contributed by atoms with Crippen molar-refractivity contribution in [3.63, 3.8) is 0 Å². The van der Waals surface area contributed by atoms with E-state index in [4.69, 9.17) is 10.1 Å². The number of carbonyl (C=O) groups is 1. The molecule has 2 fully saturated rings. The lowest BCUT2D eigenvalue weighted by atomic mass is 9.67. The maximum atomic E-state index is 13.1. The Balaban J connectivity index is 1.27. The van der Waals surface area contributed by atoms with Crippen LogP contribution in [0.3, 0.4) is 0 Å². The Hall–Kier alpha value is -3.39. The van der Waals surface area contributed by atoms with Crippen molar-refractivity contribution in [3.05, 3.63) is 59.9 Å². The Labute approximate surface area is 179 Å². The van der Waals surface area contributed by atoms with Crippen LogP contribution in [0.25, 0.3) is 5.65 Å². The number of benzene rings is 1. The molecule has 8 heteroatoms. The smallest absolute Gasteiger partial charge is 0.232 e. The molecule has 2 aromatic heterocycles. The van der Waals surface area contributed by atoms with Gasteiger partial charge in [-0.15, -0.1) is 0 Å². The average molecular weight is 416 g/mol. The van der Waals surface area contributed by atoms with Gasteiger partial charge in [0.2, 0.25) is 5.91 Å². The molecule has 0 saturated carbocycles. The van der Waals surface area contributed by atoms with E-state index in [9.17, 15) is 4.79 Å². The lowest BCUT2D eigenvalue weighted by molar-refractivity contribution is -0.134. The topological polar surface area (TPSA) is 94.8 Å². The zero-order chi connectivity index (χ0) is 21.0. The monoisotopic (exact) mass is 416 g/mol. The number of rotatable bonds is 3. The molecule has 1 spiro atoms. The largest absolute Gasteiger partial charge is 0.381 e. The molecule has 2 aliphatic heterocycles. The van der Waals surface area contributed by atoms with Crippen LogP contribution in [-0.4, -0.2) is 45.4 Å². The normalized spacial score (nSPS) is 23.5. The van der Waals surface area contributed by atoms with Crippen LogP contribution in [0, 0.1) is 5.41 Å². The summed E-state index contributed by atoms with van der Waals surface area (Å²) >= 11 is 0. The van der Waals surface area contributed by atoms with E-state index in [1.807, 2.05) is 41.1 Å². The summed E-state index contributed by atoms with van der Waals surface area (Å²) in [7, 11) is 0. The minimum absolute atomic E-state index is 0.0291. The van der Waals surface area contributed by atoms with E-state index >= 15 is 0 Å². The first-order valence-electron chi connectivity index (χ1n) is 10.7. The number of carbonyl (C=O) groups excluding carboxylic acids is 1. The molecule has 31 heavy (non-hydrogen) atoms. The highest BCUT2D eigenvalue weighted by molar-refractivity contribution is 6.00. The molecule has 1 amide bonds. The molecule has 2 saturated heterocycles. The van der Waals surface area contributed by atoms with Crippen LogP contribution in [0.2, 0.25) is 0 Å². The summed E-state index contributed by atoms with van der Waals surface area (Å²) in [6.45, 7) is 1.29. The van der Waals surface area contributed by atoms with Gasteiger partial charge < -0.3 is 15.4 Å². The van der Waals surface area contributed by atoms with Crippen LogP contribution in [0.15, 0.2) is 48.8 Å². The van der Waals surface area contributed by atoms with Crippen molar-refractivity contribution in [1.82, 2.24) is 19.6 Å². The van der Waals surface area contributed by atoms with Crippen molar-refractivity contribution in [2.24, 2.45) is 0 Å². The quantitative estimate of drug-likeness (QED) is 0.610. The fourth-order valence-corrected chi connectivity index (χ4v) is 5.19. The van der Waals surface area contributed by atoms with E-state index in [0.717, 1.165) is 35.6 Å². The Morgan fingerprint density at radius 1 is 1.16 bits per heavy atom. The molecule has 0 radical (unpaired) electrons. The Kier molecular flexibility index (Phi) is 4.04. The fourth-order valence-electron chi connectivity index (χ4n) is 5.19. The number of amides is 1. The third-order valence-electron chi connectivity index (χ3n) is 6.73. The number of ether oxygens (including phenoxy) is 1. The summed E-state index contributed by atoms with van der Waals surface area (Å²) in [6.07, 6.45) is 6.46. The summed E-state index contributed by atoms with van der Waals surface area (Å²) in [5, 5.41) is 15.5. The van der Waals surface area contributed by atoms with E-state index in [0.29, 0.717) is 26.1 Å². The second-order valence-electron chi connectivity index (χ2n) is 8.55. The van der Waals surface area contributed by atoms with Crippen LogP contribution in [0.5, 0.6) is 0 Å². The van der Waals surface area contributed by atoms with Crippen molar-refractivity contribution in [2.75, 3.05) is 18.5 Å². The molecule has 1 atom stereocenters. The first-order chi connectivity index (χ1) is 15.1. The number of fused-ring (bicyclic) bond motifs is 3. The van der Waals surface area contributed by atoms with E-state index in [-0.39, 0.29) is 17.9 Å². The predicted molar refractivity (Wildman–Crippen MR) is 116 cm³/mol. The third-order valence-corrected chi connectivity index (χ3v) is 6.73. The van der Waals surface area contributed by atoms with Crippen LogP contribution >= 0.6 is 0 Å². The second-order valence-corrected chi connectivity index (χ2v) is 8.55. The van der Waals surface area contributed by atoms with Gasteiger partial charge in [0.15, 0.2) is 5.96 Å². The average Bonchev–Trinajstić information content (AvgIpc) is 3.17. The zero-order valence-electron chi connectivity index (χ0n) is 17.1. The van der Waals surface area contributed by atoms with Gasteiger partial charge in [0, 0.05) is 37.6 Å². The highest BCUT2D eigenvalue weighted by Crippen LogP contribution is 2.47. The van der Waals surface area contributed by atoms with Crippen molar-refractivity contribution >= 4 is 29.0 Å². The van der Waals surface area contributed by atoms with Gasteiger partial charge in [-0.05, 0) is 42.2 Å². The van der Waals surface area contributed by atoms with Gasteiger partial charge in [0.05, 0.1) is 18.2 Å². The maximum absolute atomic E-state index is 13.1. The molecular weight excluding hydrogens is 392 g/mol. The summed E-state index contributed by atoms with van der Waals surface area (Å²) in [5.74, 6) is 1.14. The van der Waals surface area contributed by atoms with Crippen molar-refractivity contribution in [3.8, 4) is 0 Å². The number of anilines is 2. The van der Waals surface area contributed by atoms with Crippen LogP contribution in [0.4, 0.5) is 11.5 Å². The minimum Gasteiger partial charge on any atom is -0.381 e. The molecule has 1 aliphatic carbocycles. The highest BCUT2D eigenvalue weighted by Gasteiger charge is 2.51. The standard InChI is InChI=1S/C23H24N6O2/c24-22-27-23(13-21(30)29(22)15-7-10-31-11-8-15)12-16-17(23)4-3-5-18(16)26-20-14-25-19-6-1-2-9-28(19)20/h1-6,9,14-15,26H,7-8,10-13H2,(H2,24,27)/t23-/m0/s1. The van der Waals surface area contributed by atoms with Crippen molar-refractivity contribution in [2.45, 2.75) is 37.3 Å². The third kappa shape index (κ3) is 2.82. The van der Waals surface area contributed by atoms with Gasteiger partial charge in [-0.3, -0.25) is 19.5 Å². The number of guanidine groups is 1. The molecule has 3 aromatic rings. The van der Waals surface area contributed by atoms with Gasteiger partial charge in [-0.1, -0.05) is 18.2 Å². The fraction of sp³-hybridized carbons (Fsp3) is 0.348. The summed E-state index contributed by atoms with van der Waals surface area (Å²) in [6, 6.07) is 12.1. The molecule has 6 rings (SSSR count). The molecule has 3 aliphatic rings. The molecule has 158 valence electrons. The summed E-state index contributed by atoms with van der Waals surface area (Å²) < 4.78 is 7.43. The summed E-state index contributed by atoms with van der Waals surface area (Å²) in [4.78, 5) is 19.2. The summed E-state index contributed by atoms with van der Waals surface area (Å²) in [5.41, 5.74) is 3.69. The van der Waals surface area contributed by atoms with Crippen LogP contribution in [0.1, 0.15) is 30.4 Å². The first-order valence-corrected chi connectivity index (χ1v) is 10.7. The number of aromatic nitrogens is 2. The number of hydrogen-bond donors (Lipinski definition) is 3. The van der Waals surface area contributed by atoms with Gasteiger partial charge >= 0.3 is 0 Å². The first kappa shape index (κ1) is 18.4. The number of nitrogens with one attached hydrogen (secondary N) is 3. The number of imidazole rings is 1. The van der Waals surface area contributed by atoms with Gasteiger partial charge in [-0.25, -0.2) is 4.98 Å². The SMILES string of the molecule is N=C1N[C@]2(CC(=O)N1C1CCOCC1)Cc1c(Nc3cnc4ccccn34)cccc12. The van der Waals surface area contributed by atoms with Crippen molar-refractivity contribution < 1.29 is 9.53 Å². The Morgan fingerprint density at radius 3 is 2.87 bits per heavy atom. The van der Waals surface area contributed by atoms with Gasteiger partial charge in [0.25, 0.3) is 0 Å². The molecule has 8 nitrogen and oxygen atoms in total.